The van der Waals surface area contributed by atoms with Gasteiger partial charge < -0.3 is 17.0 Å². The molecule has 0 saturated carbocycles. The molecule has 0 aromatic heterocycles. The highest BCUT2D eigenvalue weighted by Gasteiger charge is 2.33. The number of halogens is 3. The zero-order chi connectivity index (χ0) is 12.5. The van der Waals surface area contributed by atoms with Gasteiger partial charge in [0.05, 0.1) is 6.54 Å². The Labute approximate surface area is 134 Å². The monoisotopic (exact) mass is 362 g/mol. The molecule has 0 amide bonds. The second-order valence-electron chi connectivity index (χ2n) is 5.17. The van der Waals surface area contributed by atoms with E-state index in [1.54, 1.807) is 0 Å². The van der Waals surface area contributed by atoms with Gasteiger partial charge >= 0.3 is 0 Å². The lowest BCUT2D eigenvalue weighted by Gasteiger charge is -2.21. The van der Waals surface area contributed by atoms with E-state index in [2.05, 4.69) is 15.8 Å². The van der Waals surface area contributed by atoms with Crippen LogP contribution in [-0.2, 0) is 6.54 Å². The standard InChI is InChI=1S/C14H17Cl2N2.BrH/c15-12-5-4-11(14(16)7-12)8-17-9-13-3-1-2-6-18(13)10-17;/h4-5,7,10,13H,1-3,6,8-9H2;1H/q+1;/p-1. The third-order valence-electron chi connectivity index (χ3n) is 3.82. The largest absolute Gasteiger partial charge is 1.00 e. The van der Waals surface area contributed by atoms with Crippen molar-refractivity contribution in [2.45, 2.75) is 31.8 Å². The molecule has 1 fully saturated rings. The summed E-state index contributed by atoms with van der Waals surface area (Å²) in [5, 5.41) is 1.47. The molecule has 104 valence electrons. The fraction of sp³-hybridized carbons (Fsp3) is 0.500. The normalized spacial score (nSPS) is 21.7. The van der Waals surface area contributed by atoms with Crippen LogP contribution < -0.4 is 17.0 Å². The van der Waals surface area contributed by atoms with Crippen LogP contribution in [-0.4, -0.2) is 34.9 Å². The molecular formula is C14H17BrCl2N2. The number of hydrogen-bond acceptors (Lipinski definition) is 1. The highest BCUT2D eigenvalue weighted by Crippen LogP contribution is 2.24. The number of nitrogens with zero attached hydrogens (tertiary/aromatic N) is 2. The molecule has 0 aliphatic carbocycles. The van der Waals surface area contributed by atoms with Gasteiger partial charge in [-0.25, -0.2) is 0 Å². The second kappa shape index (κ2) is 6.47. The van der Waals surface area contributed by atoms with Crippen LogP contribution in [0.4, 0.5) is 0 Å². The van der Waals surface area contributed by atoms with Gasteiger partial charge in [0.1, 0.15) is 19.1 Å². The van der Waals surface area contributed by atoms with Crippen LogP contribution in [0.1, 0.15) is 24.8 Å². The van der Waals surface area contributed by atoms with Gasteiger partial charge in [-0.3, -0.25) is 9.48 Å². The Morgan fingerprint density at radius 3 is 2.84 bits per heavy atom. The van der Waals surface area contributed by atoms with Crippen molar-refractivity contribution < 1.29 is 21.6 Å². The maximum absolute atomic E-state index is 6.22. The van der Waals surface area contributed by atoms with Crippen molar-refractivity contribution in [1.29, 1.82) is 0 Å². The van der Waals surface area contributed by atoms with Gasteiger partial charge in [-0.05, 0) is 31.4 Å². The Balaban J connectivity index is 0.00000133. The molecule has 0 N–H and O–H groups in total. The SMILES string of the molecule is Clc1ccc(C[N+]2=CN3CCCCC3C2)c(Cl)c1.[Br-]. The van der Waals surface area contributed by atoms with E-state index in [0.29, 0.717) is 11.1 Å². The zero-order valence-electron chi connectivity index (χ0n) is 10.7. The lowest BCUT2D eigenvalue weighted by Crippen LogP contribution is -3.00. The molecule has 0 spiro atoms. The summed E-state index contributed by atoms with van der Waals surface area (Å²) in [7, 11) is 0. The molecule has 2 nitrogen and oxygen atoms in total. The molecular weight excluding hydrogens is 347 g/mol. The predicted octanol–water partition coefficient (Wildman–Crippen LogP) is 0.406. The van der Waals surface area contributed by atoms with Crippen molar-refractivity contribution in [2.24, 2.45) is 0 Å². The number of rotatable bonds is 2. The molecule has 0 bridgehead atoms. The summed E-state index contributed by atoms with van der Waals surface area (Å²) in [4.78, 5) is 2.48. The minimum absolute atomic E-state index is 0. The minimum atomic E-state index is 0. The van der Waals surface area contributed by atoms with Crippen molar-refractivity contribution in [3.05, 3.63) is 33.8 Å². The van der Waals surface area contributed by atoms with Gasteiger partial charge in [-0.1, -0.05) is 29.3 Å². The lowest BCUT2D eigenvalue weighted by atomic mass is 10.0. The molecule has 3 rings (SSSR count). The van der Waals surface area contributed by atoms with Gasteiger partial charge in [0.25, 0.3) is 0 Å². The van der Waals surface area contributed by atoms with E-state index in [9.17, 15) is 0 Å². The first-order valence-electron chi connectivity index (χ1n) is 6.51. The Morgan fingerprint density at radius 1 is 1.26 bits per heavy atom. The van der Waals surface area contributed by atoms with Crippen molar-refractivity contribution in [2.75, 3.05) is 13.1 Å². The van der Waals surface area contributed by atoms with Gasteiger partial charge in [-0.15, -0.1) is 0 Å². The first kappa shape index (κ1) is 15.1. The van der Waals surface area contributed by atoms with Crippen LogP contribution in [0.5, 0.6) is 0 Å². The van der Waals surface area contributed by atoms with Crippen LogP contribution in [0, 0.1) is 0 Å². The van der Waals surface area contributed by atoms with Gasteiger partial charge in [-0.2, -0.15) is 0 Å². The van der Waals surface area contributed by atoms with Gasteiger partial charge in [0, 0.05) is 15.6 Å². The number of hydrogen-bond donors (Lipinski definition) is 0. The van der Waals surface area contributed by atoms with Crippen LogP contribution in [0.3, 0.4) is 0 Å². The Hall–Kier alpha value is -0.250. The summed E-state index contributed by atoms with van der Waals surface area (Å²) in [6.07, 6.45) is 6.28. The van der Waals surface area contributed by atoms with Crippen molar-refractivity contribution >= 4 is 29.5 Å². The van der Waals surface area contributed by atoms with E-state index in [1.807, 2.05) is 18.2 Å². The molecule has 0 radical (unpaired) electrons. The Kier molecular flexibility index (Phi) is 5.15. The molecule has 2 aliphatic heterocycles. The highest BCUT2D eigenvalue weighted by atomic mass is 79.9. The van der Waals surface area contributed by atoms with E-state index < -0.39 is 0 Å². The Morgan fingerprint density at radius 2 is 2.11 bits per heavy atom. The van der Waals surface area contributed by atoms with Crippen molar-refractivity contribution in [3.63, 3.8) is 0 Å². The van der Waals surface area contributed by atoms with Crippen LogP contribution in [0.25, 0.3) is 0 Å². The summed E-state index contributed by atoms with van der Waals surface area (Å²) >= 11 is 12.1. The number of fused-ring (bicyclic) bond motifs is 1. The first-order valence-corrected chi connectivity index (χ1v) is 7.27. The topological polar surface area (TPSA) is 6.25 Å². The predicted molar refractivity (Wildman–Crippen MR) is 75.7 cm³/mol. The summed E-state index contributed by atoms with van der Waals surface area (Å²) in [5.74, 6) is 0. The van der Waals surface area contributed by atoms with Crippen molar-refractivity contribution in [1.82, 2.24) is 4.90 Å². The van der Waals surface area contributed by atoms with E-state index in [4.69, 9.17) is 23.2 Å². The van der Waals surface area contributed by atoms with E-state index in [1.165, 1.54) is 25.8 Å². The maximum Gasteiger partial charge on any atom is 0.234 e. The number of piperidine rings is 1. The number of benzene rings is 1. The maximum atomic E-state index is 6.22. The zero-order valence-corrected chi connectivity index (χ0v) is 13.8. The molecule has 19 heavy (non-hydrogen) atoms. The van der Waals surface area contributed by atoms with E-state index >= 15 is 0 Å². The fourth-order valence-electron chi connectivity index (χ4n) is 2.87. The molecule has 2 heterocycles. The minimum Gasteiger partial charge on any atom is -1.00 e. The summed E-state index contributed by atoms with van der Waals surface area (Å²) in [5.41, 5.74) is 1.15. The van der Waals surface area contributed by atoms with Crippen LogP contribution in [0.15, 0.2) is 18.2 Å². The van der Waals surface area contributed by atoms with Crippen molar-refractivity contribution in [3.8, 4) is 0 Å². The smallest absolute Gasteiger partial charge is 0.234 e. The third-order valence-corrected chi connectivity index (χ3v) is 4.41. The molecule has 1 saturated heterocycles. The summed E-state index contributed by atoms with van der Waals surface area (Å²) < 4.78 is 2.37. The first-order chi connectivity index (χ1) is 8.72. The summed E-state index contributed by atoms with van der Waals surface area (Å²) in [6, 6.07) is 6.47. The molecule has 5 heteroatoms. The van der Waals surface area contributed by atoms with Crippen LogP contribution in [0.2, 0.25) is 10.0 Å². The Bertz CT molecular complexity index is 490. The van der Waals surface area contributed by atoms with E-state index in [-0.39, 0.29) is 17.0 Å². The molecule has 1 unspecified atom stereocenters. The quantitative estimate of drug-likeness (QED) is 0.690. The average molecular weight is 364 g/mol. The van der Waals surface area contributed by atoms with Crippen LogP contribution >= 0.6 is 23.2 Å². The molecule has 1 aromatic carbocycles. The summed E-state index contributed by atoms with van der Waals surface area (Å²) in [6.45, 7) is 3.21. The average Bonchev–Trinajstić information content (AvgIpc) is 2.75. The van der Waals surface area contributed by atoms with Gasteiger partial charge in [0.15, 0.2) is 0 Å². The van der Waals surface area contributed by atoms with Gasteiger partial charge in [0.2, 0.25) is 6.34 Å². The second-order valence-corrected chi connectivity index (χ2v) is 6.01. The van der Waals surface area contributed by atoms with E-state index in [0.717, 1.165) is 23.7 Å². The molecule has 1 atom stereocenters. The fourth-order valence-corrected chi connectivity index (χ4v) is 3.34. The molecule has 2 aliphatic rings. The third kappa shape index (κ3) is 3.45. The lowest BCUT2D eigenvalue weighted by molar-refractivity contribution is -0.533. The molecule has 1 aromatic rings. The highest BCUT2D eigenvalue weighted by molar-refractivity contribution is 6.35.